The van der Waals surface area contributed by atoms with E-state index in [0.29, 0.717) is 5.82 Å². The Morgan fingerprint density at radius 2 is 2.08 bits per heavy atom. The summed E-state index contributed by atoms with van der Waals surface area (Å²) in [5.74, 6) is -0.100. The SMILES string of the molecule is Cn1c(-c2noc([C@@H](CC(N)=O)NC(=O)CCN)n2)nc2ccccc21. The van der Waals surface area contributed by atoms with Crippen molar-refractivity contribution in [2.45, 2.75) is 18.9 Å². The summed E-state index contributed by atoms with van der Waals surface area (Å²) in [5, 5.41) is 6.55. The van der Waals surface area contributed by atoms with Crippen LogP contribution in [0.25, 0.3) is 22.7 Å². The summed E-state index contributed by atoms with van der Waals surface area (Å²) in [6, 6.07) is 6.78. The van der Waals surface area contributed by atoms with E-state index in [1.54, 1.807) is 0 Å². The van der Waals surface area contributed by atoms with Crippen LogP contribution in [0.3, 0.4) is 0 Å². The lowest BCUT2D eigenvalue weighted by atomic mass is 10.2. The summed E-state index contributed by atoms with van der Waals surface area (Å²) in [7, 11) is 1.84. The topological polar surface area (TPSA) is 155 Å². The monoisotopic (exact) mass is 357 g/mol. The first-order chi connectivity index (χ1) is 12.5. The molecular weight excluding hydrogens is 338 g/mol. The maximum atomic E-state index is 11.8. The maximum absolute atomic E-state index is 11.8. The number of fused-ring (bicyclic) bond motifs is 1. The number of aromatic nitrogens is 4. The molecule has 10 heteroatoms. The first-order valence-electron chi connectivity index (χ1n) is 8.02. The Morgan fingerprint density at radius 1 is 1.31 bits per heavy atom. The van der Waals surface area contributed by atoms with Crippen LogP contribution in [0.5, 0.6) is 0 Å². The average Bonchev–Trinajstić information content (AvgIpc) is 3.19. The number of carbonyl (C=O) groups excluding carboxylic acids is 2. The van der Waals surface area contributed by atoms with Gasteiger partial charge in [0, 0.05) is 20.0 Å². The summed E-state index contributed by atoms with van der Waals surface area (Å²) in [6.07, 6.45) is -0.0541. The molecule has 2 aromatic heterocycles. The highest BCUT2D eigenvalue weighted by atomic mass is 16.5. The van der Waals surface area contributed by atoms with Crippen molar-refractivity contribution >= 4 is 22.8 Å². The lowest BCUT2D eigenvalue weighted by Crippen LogP contribution is -2.33. The molecule has 1 atom stereocenters. The van der Waals surface area contributed by atoms with Gasteiger partial charge in [0.1, 0.15) is 6.04 Å². The first-order valence-corrected chi connectivity index (χ1v) is 8.02. The normalized spacial score (nSPS) is 12.2. The third-order valence-corrected chi connectivity index (χ3v) is 3.84. The minimum Gasteiger partial charge on any atom is -0.370 e. The van der Waals surface area contributed by atoms with Crippen molar-refractivity contribution in [3.63, 3.8) is 0 Å². The Morgan fingerprint density at radius 3 is 2.77 bits per heavy atom. The minimum absolute atomic E-state index is 0.0798. The molecule has 0 saturated carbocycles. The number of aryl methyl sites for hydroxylation is 1. The highest BCUT2D eigenvalue weighted by Gasteiger charge is 2.25. The molecule has 3 aromatic rings. The molecule has 136 valence electrons. The fraction of sp³-hybridized carbons (Fsp3) is 0.312. The van der Waals surface area contributed by atoms with Gasteiger partial charge in [-0.2, -0.15) is 4.98 Å². The number of para-hydroxylation sites is 2. The number of imidazole rings is 1. The molecule has 10 nitrogen and oxygen atoms in total. The molecule has 5 N–H and O–H groups in total. The Hall–Kier alpha value is -3.27. The molecule has 0 aliphatic carbocycles. The van der Waals surface area contributed by atoms with Crippen LogP contribution in [-0.4, -0.2) is 38.1 Å². The van der Waals surface area contributed by atoms with Gasteiger partial charge in [0.25, 0.3) is 0 Å². The predicted octanol–water partition coefficient (Wildman–Crippen LogP) is 0.00480. The van der Waals surface area contributed by atoms with Crippen molar-refractivity contribution in [2.75, 3.05) is 6.54 Å². The quantitative estimate of drug-likeness (QED) is 0.537. The molecule has 2 amide bonds. The Balaban J connectivity index is 1.91. The molecule has 0 saturated heterocycles. The second-order valence-electron chi connectivity index (χ2n) is 5.77. The molecule has 2 heterocycles. The van der Waals surface area contributed by atoms with E-state index in [1.807, 2.05) is 35.9 Å². The average molecular weight is 357 g/mol. The standard InChI is InChI=1S/C16H19N7O3/c1-23-11-5-3-2-4-9(11)20-15(23)14-21-16(26-22-14)10(8-12(18)24)19-13(25)6-7-17/h2-5,10H,6-8,17H2,1H3,(H2,18,24)(H,19,25)/t10-/m1/s1. The number of nitrogens with one attached hydrogen (secondary N) is 1. The number of rotatable bonds is 7. The second kappa shape index (κ2) is 7.31. The van der Waals surface area contributed by atoms with E-state index >= 15 is 0 Å². The van der Waals surface area contributed by atoms with Gasteiger partial charge in [0.05, 0.1) is 17.5 Å². The highest BCUT2D eigenvalue weighted by molar-refractivity contribution is 5.80. The van der Waals surface area contributed by atoms with Gasteiger partial charge in [0.2, 0.25) is 23.5 Å². The molecule has 0 aliphatic rings. The highest BCUT2D eigenvalue weighted by Crippen LogP contribution is 2.23. The first kappa shape index (κ1) is 17.5. The fourth-order valence-electron chi connectivity index (χ4n) is 2.61. The number of hydrogen-bond donors (Lipinski definition) is 3. The van der Waals surface area contributed by atoms with Crippen molar-refractivity contribution < 1.29 is 14.1 Å². The third kappa shape index (κ3) is 3.54. The molecule has 26 heavy (non-hydrogen) atoms. The molecule has 0 fully saturated rings. The predicted molar refractivity (Wildman–Crippen MR) is 92.4 cm³/mol. The summed E-state index contributed by atoms with van der Waals surface area (Å²) in [6.45, 7) is 0.185. The number of nitrogens with two attached hydrogens (primary N) is 2. The minimum atomic E-state index is -0.817. The zero-order valence-corrected chi connectivity index (χ0v) is 14.2. The van der Waals surface area contributed by atoms with Crippen molar-refractivity contribution in [1.29, 1.82) is 0 Å². The second-order valence-corrected chi connectivity index (χ2v) is 5.77. The summed E-state index contributed by atoms with van der Waals surface area (Å²) < 4.78 is 7.08. The van der Waals surface area contributed by atoms with Crippen LogP contribution in [0.4, 0.5) is 0 Å². The van der Waals surface area contributed by atoms with Gasteiger partial charge < -0.3 is 25.9 Å². The summed E-state index contributed by atoms with van der Waals surface area (Å²) >= 11 is 0. The van der Waals surface area contributed by atoms with Crippen molar-refractivity contribution in [1.82, 2.24) is 25.0 Å². The van der Waals surface area contributed by atoms with Gasteiger partial charge in [-0.15, -0.1) is 0 Å². The number of nitrogens with zero attached hydrogens (tertiary/aromatic N) is 4. The summed E-state index contributed by atoms with van der Waals surface area (Å²) in [5.41, 5.74) is 12.3. The number of carbonyl (C=O) groups is 2. The Bertz CT molecular complexity index is 946. The van der Waals surface area contributed by atoms with E-state index in [1.165, 1.54) is 0 Å². The maximum Gasteiger partial charge on any atom is 0.250 e. The smallest absolute Gasteiger partial charge is 0.250 e. The van der Waals surface area contributed by atoms with E-state index in [0.717, 1.165) is 11.0 Å². The molecule has 0 bridgehead atoms. The zero-order chi connectivity index (χ0) is 18.7. The number of hydrogen-bond acceptors (Lipinski definition) is 7. The lowest BCUT2D eigenvalue weighted by molar-refractivity contribution is -0.122. The number of amides is 2. The van der Waals surface area contributed by atoms with Gasteiger partial charge in [-0.05, 0) is 12.1 Å². The van der Waals surface area contributed by atoms with E-state index in [2.05, 4.69) is 20.4 Å². The lowest BCUT2D eigenvalue weighted by Gasteiger charge is -2.12. The van der Waals surface area contributed by atoms with E-state index < -0.39 is 11.9 Å². The number of primary amides is 1. The number of benzene rings is 1. The van der Waals surface area contributed by atoms with Crippen LogP contribution < -0.4 is 16.8 Å². The molecular formula is C16H19N7O3. The van der Waals surface area contributed by atoms with Gasteiger partial charge in [-0.1, -0.05) is 17.3 Å². The fourth-order valence-corrected chi connectivity index (χ4v) is 2.61. The molecule has 1 aromatic carbocycles. The van der Waals surface area contributed by atoms with E-state index in [-0.39, 0.29) is 37.0 Å². The van der Waals surface area contributed by atoms with E-state index in [4.69, 9.17) is 16.0 Å². The van der Waals surface area contributed by atoms with Crippen LogP contribution >= 0.6 is 0 Å². The Kier molecular flexibility index (Phi) is 4.94. The van der Waals surface area contributed by atoms with Gasteiger partial charge in [-0.25, -0.2) is 4.98 Å². The molecule has 0 spiro atoms. The molecule has 3 rings (SSSR count). The van der Waals surface area contributed by atoms with Crippen molar-refractivity contribution in [3.8, 4) is 11.6 Å². The third-order valence-electron chi connectivity index (χ3n) is 3.84. The molecule has 0 unspecified atom stereocenters. The van der Waals surface area contributed by atoms with Crippen LogP contribution in [0.2, 0.25) is 0 Å². The largest absolute Gasteiger partial charge is 0.370 e. The van der Waals surface area contributed by atoms with Crippen molar-refractivity contribution in [2.24, 2.45) is 18.5 Å². The van der Waals surface area contributed by atoms with E-state index in [9.17, 15) is 9.59 Å². The van der Waals surface area contributed by atoms with Gasteiger partial charge >= 0.3 is 0 Å². The molecule has 0 aliphatic heterocycles. The van der Waals surface area contributed by atoms with Crippen LogP contribution in [0, 0.1) is 0 Å². The van der Waals surface area contributed by atoms with Gasteiger partial charge in [-0.3, -0.25) is 9.59 Å². The van der Waals surface area contributed by atoms with Crippen LogP contribution in [0.1, 0.15) is 24.8 Å². The van der Waals surface area contributed by atoms with Crippen molar-refractivity contribution in [3.05, 3.63) is 30.2 Å². The Labute approximate surface area is 148 Å². The summed E-state index contributed by atoms with van der Waals surface area (Å²) in [4.78, 5) is 31.9. The van der Waals surface area contributed by atoms with Gasteiger partial charge in [0.15, 0.2) is 5.82 Å². The molecule has 0 radical (unpaired) electrons. The van der Waals surface area contributed by atoms with Crippen LogP contribution in [0.15, 0.2) is 28.8 Å². The van der Waals surface area contributed by atoms with Crippen LogP contribution in [-0.2, 0) is 16.6 Å². The zero-order valence-electron chi connectivity index (χ0n) is 14.2.